The van der Waals surface area contributed by atoms with Gasteiger partial charge in [-0.1, -0.05) is 21.9 Å². The van der Waals surface area contributed by atoms with Gasteiger partial charge in [-0.25, -0.2) is 9.55 Å². The first-order valence-electron chi connectivity index (χ1n) is 11.0. The molecule has 16 heteroatoms. The van der Waals surface area contributed by atoms with Crippen LogP contribution in [0, 0.1) is 12.3 Å². The molecule has 202 valence electrons. The summed E-state index contributed by atoms with van der Waals surface area (Å²) < 4.78 is 38.0. The van der Waals surface area contributed by atoms with Gasteiger partial charge in [-0.15, -0.1) is 6.42 Å². The summed E-state index contributed by atoms with van der Waals surface area (Å²) in [6.07, 6.45) is 5.06. The molecule has 38 heavy (non-hydrogen) atoms. The van der Waals surface area contributed by atoms with Gasteiger partial charge in [0.25, 0.3) is 0 Å². The van der Waals surface area contributed by atoms with Crippen LogP contribution in [0.2, 0.25) is 5.28 Å². The molecule has 1 aromatic carbocycles. The highest BCUT2D eigenvalue weighted by atomic mass is 79.9. The van der Waals surface area contributed by atoms with Crippen LogP contribution < -0.4 is 15.3 Å². The predicted molar refractivity (Wildman–Crippen MR) is 140 cm³/mol. The zero-order chi connectivity index (χ0) is 27.7. The van der Waals surface area contributed by atoms with Gasteiger partial charge in [-0.3, -0.25) is 13.9 Å². The molecule has 1 fully saturated rings. The normalized spacial score (nSPS) is 23.5. The Morgan fingerprint density at radius 3 is 2.84 bits per heavy atom. The Labute approximate surface area is 230 Å². The lowest BCUT2D eigenvalue weighted by Crippen LogP contribution is -2.43. The average Bonchev–Trinajstić information content (AvgIpc) is 3.45. The number of nitrogens with two attached hydrogens (primary N) is 1. The van der Waals surface area contributed by atoms with Crippen molar-refractivity contribution in [3.8, 4) is 18.1 Å². The molecule has 0 unspecified atom stereocenters. The Balaban J connectivity index is 1.58. The molecule has 4 rings (SSSR count). The third-order valence-electron chi connectivity index (χ3n) is 5.68. The summed E-state index contributed by atoms with van der Waals surface area (Å²) >= 11 is 9.26. The number of esters is 1. The van der Waals surface area contributed by atoms with Crippen LogP contribution in [0.25, 0.3) is 11.2 Å². The van der Waals surface area contributed by atoms with Gasteiger partial charge in [0.05, 0.1) is 13.4 Å². The number of halogens is 2. The van der Waals surface area contributed by atoms with Gasteiger partial charge < -0.3 is 24.8 Å². The second kappa shape index (κ2) is 11.2. The molecule has 2 aromatic heterocycles. The van der Waals surface area contributed by atoms with Gasteiger partial charge in [-0.05, 0) is 42.8 Å². The number of fused-ring (bicyclic) bond motifs is 1. The molecular formula is C22H23BrClN6O7P. The number of imidazole rings is 1. The van der Waals surface area contributed by atoms with Crippen LogP contribution in [0.4, 0.5) is 5.82 Å². The minimum atomic E-state index is -4.27. The van der Waals surface area contributed by atoms with E-state index in [2.05, 4.69) is 41.9 Å². The first-order chi connectivity index (χ1) is 18.0. The van der Waals surface area contributed by atoms with Crippen molar-refractivity contribution in [1.82, 2.24) is 24.6 Å². The average molecular weight is 630 g/mol. The van der Waals surface area contributed by atoms with E-state index in [0.29, 0.717) is 0 Å². The molecule has 1 aliphatic heterocycles. The number of nitrogens with zero attached hydrogens (tertiary/aromatic N) is 4. The number of nitrogens with one attached hydrogen (secondary N) is 1. The summed E-state index contributed by atoms with van der Waals surface area (Å²) in [7, 11) is -3.09. The molecule has 3 aromatic rings. The van der Waals surface area contributed by atoms with Crippen LogP contribution in [0.1, 0.15) is 19.6 Å². The zero-order valence-electron chi connectivity index (χ0n) is 20.1. The number of benzene rings is 1. The Kier molecular flexibility index (Phi) is 8.29. The van der Waals surface area contributed by atoms with Crippen LogP contribution in [0.3, 0.4) is 0 Å². The van der Waals surface area contributed by atoms with Crippen molar-refractivity contribution in [2.45, 2.75) is 37.3 Å². The number of aliphatic hydroxyl groups is 1. The van der Waals surface area contributed by atoms with Crippen molar-refractivity contribution in [3.05, 3.63) is 40.3 Å². The molecule has 1 saturated heterocycles. The molecule has 0 saturated carbocycles. The Morgan fingerprint density at radius 1 is 1.47 bits per heavy atom. The van der Waals surface area contributed by atoms with Gasteiger partial charge >= 0.3 is 13.7 Å². The van der Waals surface area contributed by atoms with Crippen molar-refractivity contribution in [1.29, 1.82) is 0 Å². The number of ether oxygens (including phenoxy) is 2. The van der Waals surface area contributed by atoms with E-state index in [1.165, 1.54) is 24.9 Å². The number of terminal acetylenes is 1. The number of anilines is 1. The third kappa shape index (κ3) is 5.79. The lowest BCUT2D eigenvalue weighted by Gasteiger charge is -2.29. The number of rotatable bonds is 9. The predicted octanol–water partition coefficient (Wildman–Crippen LogP) is 2.83. The van der Waals surface area contributed by atoms with E-state index in [-0.39, 0.29) is 34.4 Å². The summed E-state index contributed by atoms with van der Waals surface area (Å²) in [4.78, 5) is 24.2. The summed E-state index contributed by atoms with van der Waals surface area (Å²) in [6.45, 7) is 0.851. The van der Waals surface area contributed by atoms with E-state index in [9.17, 15) is 14.5 Å². The van der Waals surface area contributed by atoms with E-state index in [1.807, 2.05) is 0 Å². The van der Waals surface area contributed by atoms with E-state index in [0.717, 1.165) is 4.47 Å². The number of carbonyl (C=O) groups is 1. The van der Waals surface area contributed by atoms with E-state index < -0.39 is 44.3 Å². The Hall–Kier alpha value is -2.76. The minimum absolute atomic E-state index is 0.00437. The van der Waals surface area contributed by atoms with E-state index in [4.69, 9.17) is 42.3 Å². The molecule has 0 spiro atoms. The summed E-state index contributed by atoms with van der Waals surface area (Å²) in [5.74, 6) is 1.95. The van der Waals surface area contributed by atoms with Crippen molar-refractivity contribution in [3.63, 3.8) is 0 Å². The van der Waals surface area contributed by atoms with Crippen molar-refractivity contribution >= 4 is 58.2 Å². The molecule has 1 aliphatic rings. The van der Waals surface area contributed by atoms with Crippen LogP contribution in [-0.2, 0) is 23.4 Å². The molecule has 3 heterocycles. The molecule has 0 radical (unpaired) electrons. The smallest absolute Gasteiger partial charge is 0.459 e. The Morgan fingerprint density at radius 2 is 2.18 bits per heavy atom. The number of nitrogen functional groups attached to an aromatic ring is 1. The van der Waals surface area contributed by atoms with Crippen LogP contribution in [-0.4, -0.2) is 62.1 Å². The lowest BCUT2D eigenvalue weighted by molar-refractivity contribution is -0.142. The number of aliphatic hydroxyl groups excluding tert-OH is 1. The summed E-state index contributed by atoms with van der Waals surface area (Å²) in [6, 6.07) is 5.35. The largest absolute Gasteiger partial charge is 0.468 e. The maximum Gasteiger partial charge on any atom is 0.459 e. The van der Waals surface area contributed by atoms with Crippen LogP contribution in [0.5, 0.6) is 5.75 Å². The number of aromatic nitrogens is 4. The highest BCUT2D eigenvalue weighted by Gasteiger charge is 2.50. The fourth-order valence-corrected chi connectivity index (χ4v) is 5.67. The second-order valence-corrected chi connectivity index (χ2v) is 11.2. The molecule has 0 aliphatic carbocycles. The minimum Gasteiger partial charge on any atom is -0.468 e. The van der Waals surface area contributed by atoms with Gasteiger partial charge in [0, 0.05) is 10.9 Å². The van der Waals surface area contributed by atoms with Gasteiger partial charge in [0.15, 0.2) is 17.1 Å². The third-order valence-corrected chi connectivity index (χ3v) is 8.00. The Bertz CT molecular complexity index is 1430. The van der Waals surface area contributed by atoms with E-state index >= 15 is 0 Å². The van der Waals surface area contributed by atoms with Crippen LogP contribution >= 0.6 is 35.3 Å². The molecular weight excluding hydrogens is 607 g/mol. The van der Waals surface area contributed by atoms with Crippen molar-refractivity contribution in [2.75, 3.05) is 19.5 Å². The summed E-state index contributed by atoms with van der Waals surface area (Å²) in [5, 5.41) is 13.3. The quantitative estimate of drug-likeness (QED) is 0.137. The van der Waals surface area contributed by atoms with Gasteiger partial charge in [-0.2, -0.15) is 15.1 Å². The fraction of sp³-hybridized carbons (Fsp3) is 0.364. The SMILES string of the molecule is C#C[C@]1(CO[P@@](=O)(N[C@@H](C)C(=O)OC)Oc2ccc(Br)cc2)O[C@@H](n2cnc3c(N)nc(Cl)nc32)C[C@@H]1O. The van der Waals surface area contributed by atoms with Gasteiger partial charge in [0.2, 0.25) is 5.28 Å². The molecule has 0 amide bonds. The summed E-state index contributed by atoms with van der Waals surface area (Å²) in [5.41, 5.74) is 4.68. The fourth-order valence-electron chi connectivity index (χ4n) is 3.72. The molecule has 4 N–H and O–H groups in total. The lowest BCUT2D eigenvalue weighted by atomic mass is 9.99. The first-order valence-corrected chi connectivity index (χ1v) is 13.7. The van der Waals surface area contributed by atoms with Crippen molar-refractivity contribution < 1.29 is 33.0 Å². The second-order valence-electron chi connectivity index (χ2n) is 8.25. The van der Waals surface area contributed by atoms with Crippen molar-refractivity contribution in [2.24, 2.45) is 0 Å². The number of hydrogen-bond acceptors (Lipinski definition) is 11. The monoisotopic (exact) mass is 628 g/mol. The molecule has 13 nitrogen and oxygen atoms in total. The topological polar surface area (TPSA) is 173 Å². The molecule has 0 bridgehead atoms. The number of methoxy groups -OCH3 is 1. The standard InChI is InChI=1S/C22H23BrClN6O7P/c1-4-22(15(31)9-16(36-22)30-11-26-17-18(25)27-21(24)28-19(17)30)10-35-38(33,29-12(2)20(32)34-3)37-14-7-5-13(23)6-8-14/h1,5-8,11-12,15-16,31H,9-10H2,2-3H3,(H,29,33)(H2,25,27,28)/t12-,15-,16+,22+,38-/m0/s1. The maximum absolute atomic E-state index is 13.7. The molecule has 5 atom stereocenters. The highest BCUT2D eigenvalue weighted by molar-refractivity contribution is 9.10. The maximum atomic E-state index is 13.7. The number of carbonyl (C=O) groups excluding carboxylic acids is 1. The van der Waals surface area contributed by atoms with Gasteiger partial charge in [0.1, 0.15) is 36.2 Å². The first kappa shape index (κ1) is 28.3. The van der Waals surface area contributed by atoms with Crippen LogP contribution in [0.15, 0.2) is 35.1 Å². The zero-order valence-corrected chi connectivity index (χ0v) is 23.3. The highest BCUT2D eigenvalue weighted by Crippen LogP contribution is 2.48. The van der Waals surface area contributed by atoms with E-state index in [1.54, 1.807) is 24.3 Å². The number of hydrogen-bond donors (Lipinski definition) is 3.